The van der Waals surface area contributed by atoms with Crippen LogP contribution in [0.5, 0.6) is 0 Å². The van der Waals surface area contributed by atoms with E-state index >= 15 is 0 Å². The molecule has 10 heteroatoms. The van der Waals surface area contributed by atoms with Crippen LogP contribution in [0.2, 0.25) is 0 Å². The van der Waals surface area contributed by atoms with Crippen molar-refractivity contribution >= 4 is 17.4 Å². The average Bonchev–Trinajstić information content (AvgIpc) is 3.35. The van der Waals surface area contributed by atoms with Crippen molar-refractivity contribution < 1.29 is 9.45 Å². The van der Waals surface area contributed by atoms with Crippen molar-refractivity contribution in [2.75, 3.05) is 0 Å². The van der Waals surface area contributed by atoms with E-state index in [0.717, 1.165) is 24.4 Å². The largest absolute Gasteiger partial charge is 0.338 e. The molecule has 150 valence electrons. The Balaban J connectivity index is 1.33. The van der Waals surface area contributed by atoms with Crippen LogP contribution in [0.4, 0.5) is 5.69 Å². The van der Waals surface area contributed by atoms with Gasteiger partial charge in [-0.05, 0) is 25.0 Å². The molecule has 0 spiro atoms. The van der Waals surface area contributed by atoms with Gasteiger partial charge in [0.15, 0.2) is 0 Å². The first kappa shape index (κ1) is 18.5. The lowest BCUT2D eigenvalue weighted by Crippen LogP contribution is -2.01. The molecular weight excluding hydrogens is 404 g/mol. The van der Waals surface area contributed by atoms with Gasteiger partial charge in [-0.15, -0.1) is 5.10 Å². The highest BCUT2D eigenvalue weighted by molar-refractivity contribution is 7.98. The topological polar surface area (TPSA) is 113 Å². The van der Waals surface area contributed by atoms with Crippen molar-refractivity contribution in [1.29, 1.82) is 0 Å². The maximum absolute atomic E-state index is 11.0. The Bertz CT molecular complexity index is 1200. The second kappa shape index (κ2) is 7.71. The maximum atomic E-state index is 11.0. The van der Waals surface area contributed by atoms with Gasteiger partial charge >= 0.3 is 0 Å². The van der Waals surface area contributed by atoms with Gasteiger partial charge in [0.1, 0.15) is 5.82 Å². The summed E-state index contributed by atoms with van der Waals surface area (Å²) in [5.74, 6) is 2.56. The Kier molecular flexibility index (Phi) is 4.75. The number of rotatable bonds is 7. The van der Waals surface area contributed by atoms with Gasteiger partial charge in [-0.1, -0.05) is 47.3 Å². The number of aromatic nitrogens is 5. The quantitative estimate of drug-likeness (QED) is 0.246. The Morgan fingerprint density at radius 1 is 1.13 bits per heavy atom. The fraction of sp³-hybridized carbons (Fsp3) is 0.200. The van der Waals surface area contributed by atoms with Crippen molar-refractivity contribution in [1.82, 2.24) is 24.9 Å². The summed E-state index contributed by atoms with van der Waals surface area (Å²) in [5.41, 5.74) is 1.51. The molecule has 1 aliphatic carbocycles. The third-order valence-electron chi connectivity index (χ3n) is 4.66. The summed E-state index contributed by atoms with van der Waals surface area (Å²) in [5, 5.41) is 20.2. The molecule has 30 heavy (non-hydrogen) atoms. The van der Waals surface area contributed by atoms with Crippen molar-refractivity contribution in [3.8, 4) is 17.1 Å². The summed E-state index contributed by atoms with van der Waals surface area (Å²) in [6, 6.07) is 16.1. The van der Waals surface area contributed by atoms with E-state index < -0.39 is 4.92 Å². The molecule has 0 bridgehead atoms. The fourth-order valence-corrected chi connectivity index (χ4v) is 3.71. The van der Waals surface area contributed by atoms with Crippen LogP contribution in [0.15, 0.2) is 64.3 Å². The van der Waals surface area contributed by atoms with Gasteiger partial charge in [0.25, 0.3) is 5.69 Å². The van der Waals surface area contributed by atoms with Crippen LogP contribution in [-0.4, -0.2) is 29.8 Å². The molecule has 1 saturated carbocycles. The standard InChI is InChI=1S/C20H16N6O3S/c27-26(28)16-8-4-5-14(11-16)18-21-17(29-24-18)12-30-20-22-19(13-9-10-13)25(23-20)15-6-2-1-3-7-15/h1-8,11,13H,9-10,12H2. The van der Waals surface area contributed by atoms with Crippen molar-refractivity contribution in [3.63, 3.8) is 0 Å². The zero-order chi connectivity index (χ0) is 20.5. The number of hydrogen-bond acceptors (Lipinski definition) is 8. The summed E-state index contributed by atoms with van der Waals surface area (Å²) >= 11 is 1.42. The van der Waals surface area contributed by atoms with E-state index in [9.17, 15) is 10.1 Å². The first-order chi connectivity index (χ1) is 14.7. The third-order valence-corrected chi connectivity index (χ3v) is 5.49. The van der Waals surface area contributed by atoms with Gasteiger partial charge in [-0.25, -0.2) is 9.67 Å². The molecule has 0 radical (unpaired) electrons. The summed E-state index contributed by atoms with van der Waals surface area (Å²) in [7, 11) is 0. The van der Waals surface area contributed by atoms with E-state index in [-0.39, 0.29) is 5.69 Å². The fourth-order valence-electron chi connectivity index (χ4n) is 3.05. The minimum absolute atomic E-state index is 0.0171. The highest BCUT2D eigenvalue weighted by Crippen LogP contribution is 2.40. The Hall–Kier alpha value is -3.53. The number of nitro groups is 1. The molecule has 0 amide bonds. The molecule has 1 fully saturated rings. The van der Waals surface area contributed by atoms with Gasteiger partial charge < -0.3 is 4.52 Å². The van der Waals surface area contributed by atoms with Crippen molar-refractivity contribution in [3.05, 3.63) is 76.4 Å². The number of benzene rings is 2. The van der Waals surface area contributed by atoms with Crippen LogP contribution in [0, 0.1) is 10.1 Å². The van der Waals surface area contributed by atoms with Gasteiger partial charge in [0.2, 0.25) is 16.9 Å². The Morgan fingerprint density at radius 2 is 1.97 bits per heavy atom. The lowest BCUT2D eigenvalue weighted by Gasteiger charge is -2.03. The molecule has 0 atom stereocenters. The predicted molar refractivity (Wildman–Crippen MR) is 109 cm³/mol. The Morgan fingerprint density at radius 3 is 2.73 bits per heavy atom. The van der Waals surface area contributed by atoms with E-state index in [1.165, 1.54) is 23.9 Å². The van der Waals surface area contributed by atoms with E-state index in [1.807, 2.05) is 35.0 Å². The number of hydrogen-bond donors (Lipinski definition) is 0. The van der Waals surface area contributed by atoms with E-state index in [2.05, 4.69) is 15.2 Å². The molecule has 0 saturated heterocycles. The molecule has 1 aliphatic rings. The summed E-state index contributed by atoms with van der Waals surface area (Å²) in [6.07, 6.45) is 2.26. The van der Waals surface area contributed by atoms with Crippen LogP contribution < -0.4 is 0 Å². The van der Waals surface area contributed by atoms with Crippen LogP contribution in [-0.2, 0) is 5.75 Å². The van der Waals surface area contributed by atoms with E-state index in [4.69, 9.17) is 9.51 Å². The van der Waals surface area contributed by atoms with Crippen LogP contribution >= 0.6 is 11.8 Å². The van der Waals surface area contributed by atoms with Crippen LogP contribution in [0.3, 0.4) is 0 Å². The molecular formula is C20H16N6O3S. The van der Waals surface area contributed by atoms with Gasteiger partial charge in [0.05, 0.1) is 16.4 Å². The molecule has 2 heterocycles. The molecule has 0 N–H and O–H groups in total. The summed E-state index contributed by atoms with van der Waals surface area (Å²) in [6.45, 7) is 0. The molecule has 2 aromatic heterocycles. The lowest BCUT2D eigenvalue weighted by atomic mass is 10.2. The molecule has 0 unspecified atom stereocenters. The second-order valence-corrected chi connectivity index (χ2v) is 7.82. The number of para-hydroxylation sites is 1. The number of nitrogens with zero attached hydrogens (tertiary/aromatic N) is 6. The van der Waals surface area contributed by atoms with Crippen molar-refractivity contribution in [2.45, 2.75) is 29.7 Å². The lowest BCUT2D eigenvalue weighted by molar-refractivity contribution is -0.384. The Labute approximate surface area is 175 Å². The number of nitro benzene ring substituents is 1. The predicted octanol–water partition coefficient (Wildman–Crippen LogP) is 4.40. The molecule has 9 nitrogen and oxygen atoms in total. The second-order valence-electron chi connectivity index (χ2n) is 6.88. The zero-order valence-corrected chi connectivity index (χ0v) is 16.5. The molecule has 5 rings (SSSR count). The normalized spacial score (nSPS) is 13.5. The smallest absolute Gasteiger partial charge is 0.270 e. The minimum atomic E-state index is -0.452. The van der Waals surface area contributed by atoms with E-state index in [1.54, 1.807) is 12.1 Å². The van der Waals surface area contributed by atoms with Gasteiger partial charge in [0, 0.05) is 23.6 Å². The number of non-ortho nitro benzene ring substituents is 1. The third kappa shape index (κ3) is 3.81. The van der Waals surface area contributed by atoms with Crippen molar-refractivity contribution in [2.24, 2.45) is 0 Å². The zero-order valence-electron chi connectivity index (χ0n) is 15.7. The summed E-state index contributed by atoms with van der Waals surface area (Å²) < 4.78 is 7.21. The molecule has 0 aliphatic heterocycles. The highest BCUT2D eigenvalue weighted by atomic mass is 32.2. The average molecular weight is 420 g/mol. The first-order valence-electron chi connectivity index (χ1n) is 9.40. The van der Waals surface area contributed by atoms with E-state index in [0.29, 0.717) is 34.1 Å². The highest BCUT2D eigenvalue weighted by Gasteiger charge is 2.30. The first-order valence-corrected chi connectivity index (χ1v) is 10.4. The van der Waals surface area contributed by atoms with Crippen LogP contribution in [0.1, 0.15) is 30.5 Å². The van der Waals surface area contributed by atoms with Gasteiger partial charge in [-0.3, -0.25) is 10.1 Å². The SMILES string of the molecule is O=[N+]([O-])c1cccc(-c2noc(CSc3nc(C4CC4)n(-c4ccccc4)n3)n2)c1. The monoisotopic (exact) mass is 420 g/mol. The molecule has 4 aromatic rings. The molecule has 2 aromatic carbocycles. The number of thioether (sulfide) groups is 1. The maximum Gasteiger partial charge on any atom is 0.270 e. The summed E-state index contributed by atoms with van der Waals surface area (Å²) in [4.78, 5) is 19.6. The van der Waals surface area contributed by atoms with Gasteiger partial charge in [-0.2, -0.15) is 4.98 Å². The minimum Gasteiger partial charge on any atom is -0.338 e. The van der Waals surface area contributed by atoms with Crippen LogP contribution in [0.25, 0.3) is 17.1 Å².